The van der Waals surface area contributed by atoms with Gasteiger partial charge >= 0.3 is 11.9 Å². The summed E-state index contributed by atoms with van der Waals surface area (Å²) in [6.07, 6.45) is 7.10. The molecule has 0 saturated carbocycles. The second-order valence-corrected chi connectivity index (χ2v) is 8.68. The fourth-order valence-corrected chi connectivity index (χ4v) is 3.64. The van der Waals surface area contributed by atoms with Gasteiger partial charge in [-0.05, 0) is 88.8 Å². The van der Waals surface area contributed by atoms with Crippen LogP contribution in [0.5, 0.6) is 5.75 Å². The van der Waals surface area contributed by atoms with E-state index < -0.39 is 0 Å². The van der Waals surface area contributed by atoms with Crippen LogP contribution in [0.2, 0.25) is 0 Å². The second-order valence-electron chi connectivity index (χ2n) is 8.68. The molecule has 1 aliphatic carbocycles. The van der Waals surface area contributed by atoms with Crippen LogP contribution in [0.3, 0.4) is 0 Å². The molecule has 0 aliphatic heterocycles. The van der Waals surface area contributed by atoms with E-state index in [-0.39, 0.29) is 30.4 Å². The van der Waals surface area contributed by atoms with Crippen LogP contribution in [-0.2, 0) is 4.74 Å². The lowest BCUT2D eigenvalue weighted by Crippen LogP contribution is -2.47. The number of alkyl carbamates (subject to hydrolysis) is 1. The molecule has 2 atom stereocenters. The summed E-state index contributed by atoms with van der Waals surface area (Å²) < 4.78 is 13.3. The first kappa shape index (κ1) is 23.6. The number of carbonyl (C=O) groups excluding carboxylic acids is 1. The van der Waals surface area contributed by atoms with Crippen molar-refractivity contribution in [2.45, 2.75) is 84.6 Å². The highest BCUT2D eigenvalue weighted by Gasteiger charge is 2.27. The second kappa shape index (κ2) is 11.0. The normalized spacial score (nSPS) is 19.8. The summed E-state index contributed by atoms with van der Waals surface area (Å²) in [7, 11) is 0. The Hall–Kier alpha value is -3.03. The average Bonchev–Trinajstić information content (AvgIpc) is 2.70. The molecule has 0 radical (unpaired) electrons. The number of benzene rings is 1. The van der Waals surface area contributed by atoms with E-state index in [0.29, 0.717) is 11.6 Å². The Balaban J connectivity index is 1.80. The van der Waals surface area contributed by atoms with Crippen molar-refractivity contribution in [1.29, 1.82) is 0 Å². The number of hydrogen-bond donors (Lipinski definition) is 1. The molecule has 8 heteroatoms. The van der Waals surface area contributed by atoms with Crippen LogP contribution in [0.15, 0.2) is 36.4 Å². The van der Waals surface area contributed by atoms with Crippen molar-refractivity contribution < 1.29 is 19.0 Å². The minimum Gasteiger partial charge on any atom is -0.491 e. The summed E-state index contributed by atoms with van der Waals surface area (Å²) in [5, 5.41) is 16.1. The summed E-state index contributed by atoms with van der Waals surface area (Å²) in [5.74, 6) is 2.11. The zero-order valence-corrected chi connectivity index (χ0v) is 19.6. The Morgan fingerprint density at radius 1 is 1.09 bits per heavy atom. The summed E-state index contributed by atoms with van der Waals surface area (Å²) in [5.41, 5.74) is 0.917. The first-order valence-corrected chi connectivity index (χ1v) is 11.4. The summed E-state index contributed by atoms with van der Waals surface area (Å²) in [4.78, 5) is 12.1. The predicted octanol–water partition coefficient (Wildman–Crippen LogP) is 4.10. The van der Waals surface area contributed by atoms with Crippen LogP contribution in [-0.4, -0.2) is 39.6 Å². The van der Waals surface area contributed by atoms with Crippen molar-refractivity contribution in [3.8, 4) is 17.1 Å². The molecule has 1 aromatic heterocycles. The van der Waals surface area contributed by atoms with Gasteiger partial charge in [0.05, 0.1) is 16.8 Å². The van der Waals surface area contributed by atoms with Crippen LogP contribution in [0.25, 0.3) is 11.4 Å². The minimum absolute atomic E-state index is 0.00893. The zero-order chi connectivity index (χ0) is 23.1. The number of carbonyl (C=O) groups is 1. The lowest BCUT2D eigenvalue weighted by Gasteiger charge is -2.22. The Morgan fingerprint density at radius 3 is 2.53 bits per heavy atom. The molecule has 0 bridgehead atoms. The Labute approximate surface area is 190 Å². The predicted molar refractivity (Wildman–Crippen MR) is 121 cm³/mol. The topological polar surface area (TPSA) is 90.1 Å². The molecule has 3 rings (SSSR count). The van der Waals surface area contributed by atoms with Crippen molar-refractivity contribution in [1.82, 2.24) is 20.6 Å². The van der Waals surface area contributed by atoms with Gasteiger partial charge < -0.3 is 14.8 Å². The van der Waals surface area contributed by atoms with E-state index in [9.17, 15) is 4.79 Å². The highest BCUT2D eigenvalue weighted by Crippen LogP contribution is 2.23. The van der Waals surface area contributed by atoms with Crippen molar-refractivity contribution in [2.75, 3.05) is 0 Å². The molecule has 1 amide bonds. The number of allylic oxidation sites excluding steroid dienone is 2. The summed E-state index contributed by atoms with van der Waals surface area (Å²) in [6.45, 7) is 9.68. The largest absolute Gasteiger partial charge is 0.491 e. The number of amides is 1. The standard InChI is InChI=1S/C24H33N5O3/c1-16(2)25-24(30)32-21-9-7-6-8-20(12-15-21)29-23(27-26-18(5)28-29)19-10-13-22(14-11-19)31-17(3)4/h6,8,10-11,13-14,16-17,20-21H,7,9,12,15H2,1-5H3/p+1/b8-6+. The van der Waals surface area contributed by atoms with E-state index in [2.05, 4.69) is 32.8 Å². The molecule has 1 aliphatic rings. The highest BCUT2D eigenvalue weighted by molar-refractivity contribution is 5.67. The van der Waals surface area contributed by atoms with E-state index in [1.54, 1.807) is 0 Å². The third kappa shape index (κ3) is 6.73. The average molecular weight is 441 g/mol. The van der Waals surface area contributed by atoms with E-state index in [1.807, 2.05) is 63.6 Å². The van der Waals surface area contributed by atoms with Crippen LogP contribution < -0.4 is 14.7 Å². The quantitative estimate of drug-likeness (QED) is 0.537. The number of rotatable bonds is 6. The van der Waals surface area contributed by atoms with E-state index >= 15 is 0 Å². The van der Waals surface area contributed by atoms with Gasteiger partial charge in [-0.25, -0.2) is 4.79 Å². The van der Waals surface area contributed by atoms with Gasteiger partial charge in [0.25, 0.3) is 0 Å². The van der Waals surface area contributed by atoms with Gasteiger partial charge in [0.1, 0.15) is 17.9 Å². The van der Waals surface area contributed by atoms with Crippen molar-refractivity contribution >= 4 is 6.09 Å². The molecule has 8 nitrogen and oxygen atoms in total. The maximum absolute atomic E-state index is 12.1. The highest BCUT2D eigenvalue weighted by atomic mass is 16.6. The van der Waals surface area contributed by atoms with E-state index in [4.69, 9.17) is 9.47 Å². The third-order valence-corrected chi connectivity index (χ3v) is 5.04. The first-order chi connectivity index (χ1) is 15.3. The van der Waals surface area contributed by atoms with Crippen LogP contribution >= 0.6 is 0 Å². The monoisotopic (exact) mass is 440 g/mol. The van der Waals surface area contributed by atoms with Crippen molar-refractivity contribution in [3.05, 3.63) is 42.2 Å². The molecule has 0 spiro atoms. The maximum Gasteiger partial charge on any atom is 0.407 e. The van der Waals surface area contributed by atoms with Gasteiger partial charge in [0, 0.05) is 13.0 Å². The molecule has 2 unspecified atom stereocenters. The number of nitrogens with one attached hydrogen (secondary N) is 1. The van der Waals surface area contributed by atoms with Gasteiger partial charge in [-0.1, -0.05) is 11.2 Å². The SMILES string of the molecule is Cc1nnc(-c2ccc(OC(C)C)cc2)[n+](C2/C=C/CCC(OC(=O)NC(C)C)CC2)n1. The zero-order valence-electron chi connectivity index (χ0n) is 19.6. The lowest BCUT2D eigenvalue weighted by atomic mass is 9.99. The summed E-state index contributed by atoms with van der Waals surface area (Å²) >= 11 is 0. The first-order valence-electron chi connectivity index (χ1n) is 11.4. The molecule has 2 aromatic rings. The Morgan fingerprint density at radius 2 is 1.84 bits per heavy atom. The van der Waals surface area contributed by atoms with Crippen molar-refractivity contribution in [2.24, 2.45) is 0 Å². The third-order valence-electron chi connectivity index (χ3n) is 5.04. The fraction of sp³-hybridized carbons (Fsp3) is 0.542. The summed E-state index contributed by atoms with van der Waals surface area (Å²) in [6, 6.07) is 7.87. The smallest absolute Gasteiger partial charge is 0.407 e. The Bertz CT molecular complexity index is 928. The lowest BCUT2D eigenvalue weighted by molar-refractivity contribution is -0.762. The number of hydrogen-bond acceptors (Lipinski definition) is 6. The molecule has 1 heterocycles. The fourth-order valence-electron chi connectivity index (χ4n) is 3.64. The van der Waals surface area contributed by atoms with Gasteiger partial charge in [-0.2, -0.15) is 0 Å². The maximum atomic E-state index is 12.1. The number of aryl methyl sites for hydroxylation is 1. The molecule has 1 N–H and O–H groups in total. The molecular formula is C24H34N5O3+. The van der Waals surface area contributed by atoms with Gasteiger partial charge in [0.15, 0.2) is 0 Å². The van der Waals surface area contributed by atoms with Gasteiger partial charge in [-0.3, -0.25) is 0 Å². The number of aromatic nitrogens is 4. The minimum atomic E-state index is -0.359. The van der Waals surface area contributed by atoms with Crippen LogP contribution in [0.1, 0.15) is 65.2 Å². The van der Waals surface area contributed by atoms with Gasteiger partial charge in [-0.15, -0.1) is 4.68 Å². The molecule has 0 fully saturated rings. The molecule has 1 aromatic carbocycles. The molecule has 172 valence electrons. The molecular weight excluding hydrogens is 406 g/mol. The Kier molecular flexibility index (Phi) is 8.14. The number of nitrogens with zero attached hydrogens (tertiary/aromatic N) is 4. The number of ether oxygens (including phenoxy) is 2. The van der Waals surface area contributed by atoms with Crippen LogP contribution in [0, 0.1) is 6.92 Å². The van der Waals surface area contributed by atoms with E-state index in [1.165, 1.54) is 0 Å². The van der Waals surface area contributed by atoms with Gasteiger partial charge in [0.2, 0.25) is 5.82 Å². The van der Waals surface area contributed by atoms with E-state index in [0.717, 1.165) is 37.0 Å². The molecule has 0 saturated heterocycles. The van der Waals surface area contributed by atoms with Crippen molar-refractivity contribution in [3.63, 3.8) is 0 Å². The van der Waals surface area contributed by atoms with Crippen LogP contribution in [0.4, 0.5) is 4.79 Å². The molecule has 32 heavy (non-hydrogen) atoms.